The molecule has 2 rings (SSSR count). The van der Waals surface area contributed by atoms with Gasteiger partial charge in [-0.05, 0) is 30.6 Å². The fraction of sp³-hybridized carbons (Fsp3) is 1.00. The van der Waals surface area contributed by atoms with Crippen LogP contribution in [0.2, 0.25) is 0 Å². The molecular weight excluding hydrogens is 178 g/mol. The van der Waals surface area contributed by atoms with Crippen molar-refractivity contribution in [1.82, 2.24) is 4.90 Å². The van der Waals surface area contributed by atoms with E-state index >= 15 is 0 Å². The van der Waals surface area contributed by atoms with Crippen LogP contribution in [0.15, 0.2) is 0 Å². The van der Waals surface area contributed by atoms with E-state index < -0.39 is 0 Å². The zero-order chi connectivity index (χ0) is 9.26. The molecule has 0 unspecified atom stereocenters. The summed E-state index contributed by atoms with van der Waals surface area (Å²) in [5.41, 5.74) is 0. The third kappa shape index (κ3) is 2.41. The fourth-order valence-corrected chi connectivity index (χ4v) is 3.45. The van der Waals surface area contributed by atoms with Crippen LogP contribution < -0.4 is 0 Å². The van der Waals surface area contributed by atoms with Crippen LogP contribution >= 0.6 is 11.8 Å². The average Bonchev–Trinajstić information content (AvgIpc) is 2.46. The first-order valence-corrected chi connectivity index (χ1v) is 6.71. The predicted molar refractivity (Wildman–Crippen MR) is 60.0 cm³/mol. The van der Waals surface area contributed by atoms with Gasteiger partial charge in [-0.25, -0.2) is 0 Å². The molecule has 2 aliphatic rings. The Bertz CT molecular complexity index is 157. The molecule has 1 aliphatic carbocycles. The third-order valence-electron chi connectivity index (χ3n) is 3.56. The molecule has 0 atom stereocenters. The van der Waals surface area contributed by atoms with Crippen molar-refractivity contribution < 1.29 is 0 Å². The van der Waals surface area contributed by atoms with Crippen molar-refractivity contribution in [2.75, 3.05) is 24.7 Å². The minimum Gasteiger partial charge on any atom is -0.293 e. The topological polar surface area (TPSA) is 3.24 Å². The molecule has 76 valence electrons. The van der Waals surface area contributed by atoms with Crippen LogP contribution in [-0.2, 0) is 0 Å². The summed E-state index contributed by atoms with van der Waals surface area (Å²) in [5.74, 6) is 5.65. The Balaban J connectivity index is 1.63. The van der Waals surface area contributed by atoms with Crippen molar-refractivity contribution in [3.8, 4) is 0 Å². The predicted octanol–water partition coefficient (Wildman–Crippen LogP) is 2.67. The van der Waals surface area contributed by atoms with Gasteiger partial charge in [-0.1, -0.05) is 13.8 Å². The van der Waals surface area contributed by atoms with Crippen molar-refractivity contribution >= 4 is 11.8 Å². The summed E-state index contributed by atoms with van der Waals surface area (Å²) in [4.78, 5) is 2.63. The quantitative estimate of drug-likeness (QED) is 0.687. The Kier molecular flexibility index (Phi) is 3.20. The van der Waals surface area contributed by atoms with E-state index in [1.807, 2.05) is 0 Å². The molecule has 0 aromatic heterocycles. The Morgan fingerprint density at radius 3 is 2.69 bits per heavy atom. The molecule has 0 bridgehead atoms. The van der Waals surface area contributed by atoms with Gasteiger partial charge in [-0.3, -0.25) is 4.90 Å². The first kappa shape index (κ1) is 9.85. The maximum absolute atomic E-state index is 2.63. The maximum Gasteiger partial charge on any atom is 0.0445 e. The van der Waals surface area contributed by atoms with Crippen LogP contribution in [0.4, 0.5) is 0 Å². The normalized spacial score (nSPS) is 35.3. The molecule has 0 radical (unpaired) electrons. The summed E-state index contributed by atoms with van der Waals surface area (Å²) in [6, 6.07) is 0. The highest BCUT2D eigenvalue weighted by molar-refractivity contribution is 7.99. The van der Waals surface area contributed by atoms with E-state index in [4.69, 9.17) is 0 Å². The van der Waals surface area contributed by atoms with E-state index in [2.05, 4.69) is 30.5 Å². The largest absolute Gasteiger partial charge is 0.293 e. The van der Waals surface area contributed by atoms with Crippen LogP contribution in [-0.4, -0.2) is 29.6 Å². The summed E-state index contributed by atoms with van der Waals surface area (Å²) in [7, 11) is 0. The molecule has 0 spiro atoms. The van der Waals surface area contributed by atoms with Gasteiger partial charge in [0, 0.05) is 24.7 Å². The lowest BCUT2D eigenvalue weighted by Crippen LogP contribution is -2.36. The fourth-order valence-electron chi connectivity index (χ4n) is 2.44. The molecule has 1 nitrogen and oxygen atoms in total. The van der Waals surface area contributed by atoms with Crippen molar-refractivity contribution in [2.45, 2.75) is 26.7 Å². The highest BCUT2D eigenvalue weighted by atomic mass is 32.2. The number of rotatable bonds is 3. The van der Waals surface area contributed by atoms with Crippen molar-refractivity contribution in [3.05, 3.63) is 0 Å². The standard InChI is InChI=1S/C11H21NS/c1-9(2)11-5-10(6-11)7-12-3-4-13-8-12/h9-11H,3-8H2,1-2H3. The molecule has 2 fully saturated rings. The van der Waals surface area contributed by atoms with E-state index in [1.54, 1.807) is 0 Å². The molecule has 1 saturated carbocycles. The summed E-state index contributed by atoms with van der Waals surface area (Å²) in [6.45, 7) is 7.46. The van der Waals surface area contributed by atoms with E-state index in [9.17, 15) is 0 Å². The van der Waals surface area contributed by atoms with E-state index in [0.717, 1.165) is 17.8 Å². The average molecular weight is 199 g/mol. The van der Waals surface area contributed by atoms with Gasteiger partial charge in [0.25, 0.3) is 0 Å². The van der Waals surface area contributed by atoms with Gasteiger partial charge in [0.2, 0.25) is 0 Å². The Hall–Kier alpha value is 0.310. The minimum atomic E-state index is 0.921. The Morgan fingerprint density at radius 1 is 1.38 bits per heavy atom. The summed E-state index contributed by atoms with van der Waals surface area (Å²) < 4.78 is 0. The Labute approximate surface area is 86.3 Å². The van der Waals surface area contributed by atoms with E-state index in [0.29, 0.717) is 0 Å². The zero-order valence-corrected chi connectivity index (χ0v) is 9.65. The molecule has 13 heavy (non-hydrogen) atoms. The molecular formula is C11H21NS. The summed E-state index contributed by atoms with van der Waals surface area (Å²) >= 11 is 2.09. The zero-order valence-electron chi connectivity index (χ0n) is 8.83. The van der Waals surface area contributed by atoms with Crippen LogP contribution in [0, 0.1) is 17.8 Å². The van der Waals surface area contributed by atoms with Gasteiger partial charge in [-0.15, -0.1) is 11.8 Å². The monoisotopic (exact) mass is 199 g/mol. The second kappa shape index (κ2) is 4.22. The van der Waals surface area contributed by atoms with Crippen LogP contribution in [0.1, 0.15) is 26.7 Å². The Morgan fingerprint density at radius 2 is 2.15 bits per heavy atom. The van der Waals surface area contributed by atoms with Gasteiger partial charge in [0.15, 0.2) is 0 Å². The SMILES string of the molecule is CC(C)C1CC(CN2CCSC2)C1. The highest BCUT2D eigenvalue weighted by Gasteiger charge is 2.32. The maximum atomic E-state index is 2.63. The molecule has 0 aromatic rings. The van der Waals surface area contributed by atoms with Gasteiger partial charge >= 0.3 is 0 Å². The lowest BCUT2D eigenvalue weighted by Gasteiger charge is -2.39. The molecule has 1 saturated heterocycles. The number of nitrogens with zero attached hydrogens (tertiary/aromatic N) is 1. The summed E-state index contributed by atoms with van der Waals surface area (Å²) in [5, 5.41) is 0. The van der Waals surface area contributed by atoms with Gasteiger partial charge in [0.05, 0.1) is 0 Å². The smallest absolute Gasteiger partial charge is 0.0445 e. The van der Waals surface area contributed by atoms with Gasteiger partial charge in [0.1, 0.15) is 0 Å². The van der Waals surface area contributed by atoms with Crippen molar-refractivity contribution in [2.24, 2.45) is 17.8 Å². The second-order valence-electron chi connectivity index (χ2n) is 4.96. The van der Waals surface area contributed by atoms with Crippen LogP contribution in [0.3, 0.4) is 0 Å². The summed E-state index contributed by atoms with van der Waals surface area (Å²) in [6.07, 6.45) is 3.00. The first-order chi connectivity index (χ1) is 6.25. The molecule has 0 N–H and O–H groups in total. The lowest BCUT2D eigenvalue weighted by molar-refractivity contribution is 0.107. The minimum absolute atomic E-state index is 0.921. The molecule has 0 aromatic carbocycles. The van der Waals surface area contributed by atoms with E-state index in [1.165, 1.54) is 37.6 Å². The number of thioether (sulfide) groups is 1. The second-order valence-corrected chi connectivity index (χ2v) is 6.03. The lowest BCUT2D eigenvalue weighted by atomic mass is 9.69. The van der Waals surface area contributed by atoms with Crippen molar-refractivity contribution in [1.29, 1.82) is 0 Å². The molecule has 1 heterocycles. The first-order valence-electron chi connectivity index (χ1n) is 5.56. The molecule has 1 aliphatic heterocycles. The van der Waals surface area contributed by atoms with Gasteiger partial charge in [-0.2, -0.15) is 0 Å². The number of hydrogen-bond donors (Lipinski definition) is 0. The number of hydrogen-bond acceptors (Lipinski definition) is 2. The van der Waals surface area contributed by atoms with Crippen molar-refractivity contribution in [3.63, 3.8) is 0 Å². The third-order valence-corrected chi connectivity index (χ3v) is 4.58. The molecule has 2 heteroatoms. The molecule has 0 amide bonds. The van der Waals surface area contributed by atoms with Crippen LogP contribution in [0.5, 0.6) is 0 Å². The van der Waals surface area contributed by atoms with Crippen LogP contribution in [0.25, 0.3) is 0 Å². The van der Waals surface area contributed by atoms with Gasteiger partial charge < -0.3 is 0 Å². The highest BCUT2D eigenvalue weighted by Crippen LogP contribution is 2.39. The van der Waals surface area contributed by atoms with E-state index in [-0.39, 0.29) is 0 Å².